The first-order valence-electron chi connectivity index (χ1n) is 5.48. The molecule has 0 aliphatic carbocycles. The van der Waals surface area contributed by atoms with E-state index in [9.17, 15) is 0 Å². The lowest BCUT2D eigenvalue weighted by molar-refractivity contribution is 0.542. The molecule has 1 atom stereocenters. The van der Waals surface area contributed by atoms with Gasteiger partial charge >= 0.3 is 0 Å². The predicted octanol–water partition coefficient (Wildman–Crippen LogP) is 3.62. The van der Waals surface area contributed by atoms with Crippen LogP contribution in [0.5, 0.6) is 0 Å². The van der Waals surface area contributed by atoms with Crippen LogP contribution in [-0.4, -0.2) is 0 Å². The van der Waals surface area contributed by atoms with Crippen LogP contribution in [0.1, 0.15) is 36.9 Å². The highest BCUT2D eigenvalue weighted by atomic mass is 79.9. The molecule has 0 aromatic heterocycles. The van der Waals surface area contributed by atoms with Crippen molar-refractivity contribution in [2.75, 3.05) is 0 Å². The van der Waals surface area contributed by atoms with Gasteiger partial charge in [-0.3, -0.25) is 11.3 Å². The fraction of sp³-hybridized carbons (Fsp3) is 0.385. The Bertz CT molecular complexity index is 374. The van der Waals surface area contributed by atoms with E-state index in [1.54, 1.807) is 0 Å². The van der Waals surface area contributed by atoms with Gasteiger partial charge in [0.05, 0.1) is 6.04 Å². The molecule has 0 radical (unpaired) electrons. The Balaban J connectivity index is 2.95. The maximum atomic E-state index is 5.61. The summed E-state index contributed by atoms with van der Waals surface area (Å²) < 4.78 is 1.13. The molecule has 1 aromatic carbocycles. The number of benzene rings is 1. The summed E-state index contributed by atoms with van der Waals surface area (Å²) in [6.07, 6.45) is 1.86. The standard InChI is InChI=1S/C13H19BrN2/c1-4-9(2)8-12(16-15)11-7-5-6-10(3)13(11)14/h5-7,12,16H,2,4,8,15H2,1,3H3. The largest absolute Gasteiger partial charge is 0.271 e. The number of rotatable bonds is 5. The Hall–Kier alpha value is -0.640. The first-order valence-corrected chi connectivity index (χ1v) is 6.27. The van der Waals surface area contributed by atoms with Crippen LogP contribution in [0.25, 0.3) is 0 Å². The van der Waals surface area contributed by atoms with Crippen molar-refractivity contribution < 1.29 is 0 Å². The third kappa shape index (κ3) is 3.17. The van der Waals surface area contributed by atoms with Crippen molar-refractivity contribution in [2.24, 2.45) is 5.84 Å². The van der Waals surface area contributed by atoms with Crippen LogP contribution in [0.2, 0.25) is 0 Å². The van der Waals surface area contributed by atoms with E-state index >= 15 is 0 Å². The number of hydrogen-bond acceptors (Lipinski definition) is 2. The van der Waals surface area contributed by atoms with E-state index in [2.05, 4.69) is 60.0 Å². The highest BCUT2D eigenvalue weighted by molar-refractivity contribution is 9.10. The molecule has 0 bridgehead atoms. The van der Waals surface area contributed by atoms with Gasteiger partial charge < -0.3 is 0 Å². The molecule has 0 saturated heterocycles. The van der Waals surface area contributed by atoms with Gasteiger partial charge in [0.1, 0.15) is 0 Å². The van der Waals surface area contributed by atoms with Crippen molar-refractivity contribution in [1.29, 1.82) is 0 Å². The summed E-state index contributed by atoms with van der Waals surface area (Å²) in [5.74, 6) is 5.61. The third-order valence-corrected chi connectivity index (χ3v) is 3.87. The van der Waals surface area contributed by atoms with Crippen LogP contribution >= 0.6 is 15.9 Å². The van der Waals surface area contributed by atoms with Gasteiger partial charge in [-0.15, -0.1) is 0 Å². The maximum absolute atomic E-state index is 5.61. The van der Waals surface area contributed by atoms with E-state index in [1.807, 2.05) is 0 Å². The van der Waals surface area contributed by atoms with Crippen molar-refractivity contribution in [1.82, 2.24) is 5.43 Å². The van der Waals surface area contributed by atoms with Gasteiger partial charge in [0, 0.05) is 4.47 Å². The summed E-state index contributed by atoms with van der Waals surface area (Å²) in [5, 5.41) is 0. The molecule has 0 heterocycles. The Kier molecular flexibility index (Phi) is 5.19. The Morgan fingerprint density at radius 3 is 2.81 bits per heavy atom. The topological polar surface area (TPSA) is 38.0 Å². The lowest BCUT2D eigenvalue weighted by atomic mass is 9.98. The Morgan fingerprint density at radius 1 is 1.56 bits per heavy atom. The van der Waals surface area contributed by atoms with E-state index in [-0.39, 0.29) is 6.04 Å². The fourth-order valence-corrected chi connectivity index (χ4v) is 2.17. The number of aryl methyl sites for hydroxylation is 1. The van der Waals surface area contributed by atoms with Crippen molar-refractivity contribution in [2.45, 2.75) is 32.7 Å². The molecule has 2 nitrogen and oxygen atoms in total. The van der Waals surface area contributed by atoms with Gasteiger partial charge in [-0.1, -0.05) is 53.2 Å². The summed E-state index contributed by atoms with van der Waals surface area (Å²) in [5.41, 5.74) is 6.48. The SMILES string of the molecule is C=C(CC)CC(NN)c1cccc(C)c1Br. The summed E-state index contributed by atoms with van der Waals surface area (Å²) in [6.45, 7) is 8.22. The number of nitrogens with one attached hydrogen (secondary N) is 1. The molecule has 88 valence electrons. The van der Waals surface area contributed by atoms with Crippen molar-refractivity contribution in [3.63, 3.8) is 0 Å². The van der Waals surface area contributed by atoms with E-state index in [0.717, 1.165) is 17.3 Å². The van der Waals surface area contributed by atoms with Crippen LogP contribution in [0, 0.1) is 6.92 Å². The number of halogens is 1. The first-order chi connectivity index (χ1) is 7.60. The second-order valence-electron chi connectivity index (χ2n) is 4.01. The van der Waals surface area contributed by atoms with Gasteiger partial charge in [-0.2, -0.15) is 0 Å². The van der Waals surface area contributed by atoms with Gasteiger partial charge in [-0.05, 0) is 30.9 Å². The molecule has 0 amide bonds. The van der Waals surface area contributed by atoms with Crippen LogP contribution in [0.3, 0.4) is 0 Å². The minimum atomic E-state index is 0.127. The Morgan fingerprint density at radius 2 is 2.25 bits per heavy atom. The summed E-state index contributed by atoms with van der Waals surface area (Å²) >= 11 is 3.61. The van der Waals surface area contributed by atoms with Gasteiger partial charge in [-0.25, -0.2) is 0 Å². The van der Waals surface area contributed by atoms with E-state index in [0.29, 0.717) is 0 Å². The number of hydrogen-bond donors (Lipinski definition) is 2. The zero-order chi connectivity index (χ0) is 12.1. The molecule has 0 aliphatic heterocycles. The summed E-state index contributed by atoms with van der Waals surface area (Å²) in [4.78, 5) is 0. The normalized spacial score (nSPS) is 12.5. The third-order valence-electron chi connectivity index (χ3n) is 2.79. The second kappa shape index (κ2) is 6.18. The lowest BCUT2D eigenvalue weighted by Gasteiger charge is -2.19. The molecule has 0 spiro atoms. The van der Waals surface area contributed by atoms with Gasteiger partial charge in [0.25, 0.3) is 0 Å². The van der Waals surface area contributed by atoms with Crippen LogP contribution in [-0.2, 0) is 0 Å². The molecule has 0 saturated carbocycles. The summed E-state index contributed by atoms with van der Waals surface area (Å²) in [7, 11) is 0. The molecule has 1 aromatic rings. The zero-order valence-electron chi connectivity index (χ0n) is 9.89. The van der Waals surface area contributed by atoms with Crippen molar-refractivity contribution in [3.05, 3.63) is 46.0 Å². The predicted molar refractivity (Wildman–Crippen MR) is 73.0 cm³/mol. The van der Waals surface area contributed by atoms with Gasteiger partial charge in [0.15, 0.2) is 0 Å². The average Bonchev–Trinajstić information content (AvgIpc) is 2.29. The monoisotopic (exact) mass is 282 g/mol. The second-order valence-corrected chi connectivity index (χ2v) is 4.80. The smallest absolute Gasteiger partial charge is 0.0508 e. The quantitative estimate of drug-likeness (QED) is 0.492. The molecule has 3 heteroatoms. The molecule has 1 unspecified atom stereocenters. The highest BCUT2D eigenvalue weighted by Crippen LogP contribution is 2.29. The van der Waals surface area contributed by atoms with Crippen LogP contribution in [0.4, 0.5) is 0 Å². The van der Waals surface area contributed by atoms with Crippen molar-refractivity contribution >= 4 is 15.9 Å². The molecular formula is C13H19BrN2. The zero-order valence-corrected chi connectivity index (χ0v) is 11.5. The molecule has 3 N–H and O–H groups in total. The van der Waals surface area contributed by atoms with E-state index in [1.165, 1.54) is 16.7 Å². The number of hydrazine groups is 1. The van der Waals surface area contributed by atoms with Crippen LogP contribution in [0.15, 0.2) is 34.8 Å². The molecule has 1 rings (SSSR count). The molecular weight excluding hydrogens is 264 g/mol. The van der Waals surface area contributed by atoms with E-state index < -0.39 is 0 Å². The lowest BCUT2D eigenvalue weighted by Crippen LogP contribution is -2.28. The number of nitrogens with two attached hydrogens (primary N) is 1. The summed E-state index contributed by atoms with van der Waals surface area (Å²) in [6, 6.07) is 6.34. The average molecular weight is 283 g/mol. The first kappa shape index (κ1) is 13.4. The Labute approximate surface area is 106 Å². The molecule has 0 aliphatic rings. The fourth-order valence-electron chi connectivity index (χ4n) is 1.63. The van der Waals surface area contributed by atoms with Crippen molar-refractivity contribution in [3.8, 4) is 0 Å². The van der Waals surface area contributed by atoms with Gasteiger partial charge in [0.2, 0.25) is 0 Å². The molecule has 0 fully saturated rings. The van der Waals surface area contributed by atoms with E-state index in [4.69, 9.17) is 5.84 Å². The highest BCUT2D eigenvalue weighted by Gasteiger charge is 2.14. The van der Waals surface area contributed by atoms with Crippen LogP contribution < -0.4 is 11.3 Å². The maximum Gasteiger partial charge on any atom is 0.0508 e. The molecule has 16 heavy (non-hydrogen) atoms. The minimum absolute atomic E-state index is 0.127. The minimum Gasteiger partial charge on any atom is -0.271 e.